The van der Waals surface area contributed by atoms with E-state index in [4.69, 9.17) is 14.9 Å². The molecule has 3 rings (SSSR count). The molecule has 0 radical (unpaired) electrons. The van der Waals surface area contributed by atoms with Crippen LogP contribution in [0.1, 0.15) is 36.6 Å². The van der Waals surface area contributed by atoms with Crippen LogP contribution >= 0.6 is 0 Å². The highest BCUT2D eigenvalue weighted by atomic mass is 16.5. The van der Waals surface area contributed by atoms with Gasteiger partial charge in [-0.3, -0.25) is 15.0 Å². The first kappa shape index (κ1) is 20.5. The van der Waals surface area contributed by atoms with Crippen LogP contribution in [0.3, 0.4) is 0 Å². The van der Waals surface area contributed by atoms with Crippen molar-refractivity contribution in [3.05, 3.63) is 82.9 Å². The highest BCUT2D eigenvalue weighted by molar-refractivity contribution is 5.94. The van der Waals surface area contributed by atoms with Crippen molar-refractivity contribution in [2.45, 2.75) is 6.92 Å². The van der Waals surface area contributed by atoms with Gasteiger partial charge in [-0.15, -0.1) is 0 Å². The molecule has 0 amide bonds. The zero-order valence-corrected chi connectivity index (χ0v) is 16.0. The molecule has 0 heterocycles. The van der Waals surface area contributed by atoms with Crippen molar-refractivity contribution in [2.24, 2.45) is 0 Å². The van der Waals surface area contributed by atoms with Gasteiger partial charge in [-0.05, 0) is 61.0 Å². The molecule has 3 aromatic carbocycles. The van der Waals surface area contributed by atoms with Gasteiger partial charge in [0.25, 0.3) is 0 Å². The second kappa shape index (κ2) is 9.29. The molecule has 0 aliphatic heterocycles. The summed E-state index contributed by atoms with van der Waals surface area (Å²) in [4.78, 5) is 33.8. The third-order valence-corrected chi connectivity index (χ3v) is 4.17. The third-order valence-electron chi connectivity index (χ3n) is 4.17. The highest BCUT2D eigenvalue weighted by Gasteiger charge is 2.11. The second-order valence-electron chi connectivity index (χ2n) is 6.21. The predicted molar refractivity (Wildman–Crippen MR) is 109 cm³/mol. The summed E-state index contributed by atoms with van der Waals surface area (Å²) in [5.74, 6) is 1.28. The number of nitrogens with one attached hydrogen (secondary N) is 1. The number of aldehydes is 2. The first-order chi connectivity index (χ1) is 14.5. The van der Waals surface area contributed by atoms with Crippen LogP contribution in [-0.4, -0.2) is 24.9 Å². The van der Waals surface area contributed by atoms with Crippen LogP contribution in [-0.2, 0) is 4.74 Å². The lowest BCUT2D eigenvalue weighted by Crippen LogP contribution is -2.05. The average Bonchev–Trinajstić information content (AvgIpc) is 2.74. The van der Waals surface area contributed by atoms with E-state index in [0.29, 0.717) is 53.1 Å². The summed E-state index contributed by atoms with van der Waals surface area (Å²) < 4.78 is 16.2. The maximum Gasteiger partial charge on any atom is 0.344 e. The molecule has 7 heteroatoms. The Kier molecular flexibility index (Phi) is 6.34. The van der Waals surface area contributed by atoms with Crippen LogP contribution in [0.25, 0.3) is 0 Å². The van der Waals surface area contributed by atoms with Crippen LogP contribution in [0, 0.1) is 12.3 Å². The fourth-order valence-corrected chi connectivity index (χ4v) is 2.74. The number of hydrogen-bond acceptors (Lipinski definition) is 7. The summed E-state index contributed by atoms with van der Waals surface area (Å²) in [6, 6.07) is 16.3. The molecule has 0 aromatic heterocycles. The molecule has 0 saturated heterocycles. The van der Waals surface area contributed by atoms with E-state index < -0.39 is 5.97 Å². The monoisotopic (exact) mass is 403 g/mol. The molecule has 0 fully saturated rings. The van der Waals surface area contributed by atoms with Gasteiger partial charge in [0.15, 0.2) is 19.0 Å². The molecule has 3 aromatic rings. The van der Waals surface area contributed by atoms with Crippen LogP contribution < -0.4 is 9.47 Å². The Morgan fingerprint density at radius 2 is 1.40 bits per heavy atom. The summed E-state index contributed by atoms with van der Waals surface area (Å²) >= 11 is 0. The van der Waals surface area contributed by atoms with Gasteiger partial charge in [0, 0.05) is 17.2 Å². The number of hydrogen-bond donors (Lipinski definition) is 1. The summed E-state index contributed by atoms with van der Waals surface area (Å²) in [7, 11) is 0. The number of ether oxygens (including phenoxy) is 3. The van der Waals surface area contributed by atoms with Gasteiger partial charge in [0.1, 0.15) is 23.0 Å². The van der Waals surface area contributed by atoms with E-state index in [1.165, 1.54) is 12.1 Å². The summed E-state index contributed by atoms with van der Waals surface area (Å²) in [6.07, 6.45) is 1.79. The predicted octanol–water partition coefficient (Wildman–Crippen LogP) is 4.97. The van der Waals surface area contributed by atoms with Crippen molar-refractivity contribution < 1.29 is 28.6 Å². The topological polar surface area (TPSA) is 103 Å². The van der Waals surface area contributed by atoms with Gasteiger partial charge in [-0.2, -0.15) is 0 Å². The average molecular weight is 403 g/mol. The minimum absolute atomic E-state index is 0.243. The standard InChI is InChI=1S/C23H17NO6/c1-15-9-20(7-8-22(15)23(27)28-14-24)29-18-3-2-4-19(11-18)30-21-6-5-16(12-25)17(10-21)13-26/h2-14,24H,1H3. The first-order valence-corrected chi connectivity index (χ1v) is 8.85. The molecule has 0 aliphatic carbocycles. The van der Waals surface area contributed by atoms with Crippen molar-refractivity contribution in [1.82, 2.24) is 0 Å². The number of esters is 1. The van der Waals surface area contributed by atoms with Gasteiger partial charge in [0.05, 0.1) is 5.56 Å². The summed E-state index contributed by atoms with van der Waals surface area (Å²) in [6.45, 7) is 1.74. The SMILES string of the molecule is Cc1cc(Oc2cccc(Oc3ccc(C=O)c(C=O)c3)c2)ccc1C(=O)OC=N. The Balaban J connectivity index is 1.77. The molecule has 0 aliphatic rings. The smallest absolute Gasteiger partial charge is 0.344 e. The van der Waals surface area contributed by atoms with Crippen molar-refractivity contribution in [3.63, 3.8) is 0 Å². The molecule has 0 unspecified atom stereocenters. The quantitative estimate of drug-likeness (QED) is 0.247. The Morgan fingerprint density at radius 3 is 2.00 bits per heavy atom. The molecule has 150 valence electrons. The lowest BCUT2D eigenvalue weighted by Gasteiger charge is -2.11. The van der Waals surface area contributed by atoms with Crippen LogP contribution in [0.15, 0.2) is 60.7 Å². The fourth-order valence-electron chi connectivity index (χ4n) is 2.74. The molecular weight excluding hydrogens is 386 g/mol. The molecule has 30 heavy (non-hydrogen) atoms. The van der Waals surface area contributed by atoms with Gasteiger partial charge >= 0.3 is 5.97 Å². The van der Waals surface area contributed by atoms with E-state index in [0.717, 1.165) is 0 Å². The maximum absolute atomic E-state index is 11.8. The Bertz CT molecular complexity index is 1120. The Labute approximate surface area is 172 Å². The normalized spacial score (nSPS) is 10.0. The van der Waals surface area contributed by atoms with Crippen molar-refractivity contribution >= 4 is 24.9 Å². The van der Waals surface area contributed by atoms with E-state index in [-0.39, 0.29) is 11.1 Å². The molecule has 0 spiro atoms. The third kappa shape index (κ3) is 4.77. The second-order valence-corrected chi connectivity index (χ2v) is 6.21. The van der Waals surface area contributed by atoms with Gasteiger partial charge in [-0.1, -0.05) is 6.07 Å². The maximum atomic E-state index is 11.8. The van der Waals surface area contributed by atoms with E-state index in [1.807, 2.05) is 0 Å². The zero-order chi connectivity index (χ0) is 21.5. The van der Waals surface area contributed by atoms with Crippen molar-refractivity contribution in [1.29, 1.82) is 5.41 Å². The highest BCUT2D eigenvalue weighted by Crippen LogP contribution is 2.30. The van der Waals surface area contributed by atoms with Gasteiger partial charge in [-0.25, -0.2) is 4.79 Å². The minimum atomic E-state index is -0.611. The molecule has 7 nitrogen and oxygen atoms in total. The summed E-state index contributed by atoms with van der Waals surface area (Å²) in [5.41, 5.74) is 1.51. The molecule has 0 saturated carbocycles. The number of aryl methyl sites for hydroxylation is 1. The number of carbonyl (C=O) groups is 3. The number of carbonyl (C=O) groups excluding carboxylic acids is 3. The van der Waals surface area contributed by atoms with Gasteiger partial charge < -0.3 is 14.2 Å². The number of rotatable bonds is 8. The lowest BCUT2D eigenvalue weighted by molar-refractivity contribution is 0.0725. The molecule has 0 bridgehead atoms. The zero-order valence-electron chi connectivity index (χ0n) is 16.0. The van der Waals surface area contributed by atoms with E-state index >= 15 is 0 Å². The largest absolute Gasteiger partial charge is 0.457 e. The van der Waals surface area contributed by atoms with Gasteiger partial charge in [0.2, 0.25) is 0 Å². The molecule has 0 atom stereocenters. The van der Waals surface area contributed by atoms with Crippen LogP contribution in [0.5, 0.6) is 23.0 Å². The Hall–Kier alpha value is -4.26. The van der Waals surface area contributed by atoms with Crippen LogP contribution in [0.2, 0.25) is 0 Å². The summed E-state index contributed by atoms with van der Waals surface area (Å²) in [5, 5.41) is 6.85. The van der Waals surface area contributed by atoms with Crippen molar-refractivity contribution in [3.8, 4) is 23.0 Å². The van der Waals surface area contributed by atoms with E-state index in [9.17, 15) is 14.4 Å². The van der Waals surface area contributed by atoms with Crippen molar-refractivity contribution in [2.75, 3.05) is 0 Å². The first-order valence-electron chi connectivity index (χ1n) is 8.85. The van der Waals surface area contributed by atoms with E-state index in [1.54, 1.807) is 55.5 Å². The minimum Gasteiger partial charge on any atom is -0.457 e. The molecular formula is C23H17NO6. The van der Waals surface area contributed by atoms with E-state index in [2.05, 4.69) is 4.74 Å². The lowest BCUT2D eigenvalue weighted by atomic mass is 10.1. The van der Waals surface area contributed by atoms with Crippen LogP contribution in [0.4, 0.5) is 0 Å². The fraction of sp³-hybridized carbons (Fsp3) is 0.0435. The Morgan fingerprint density at radius 1 is 0.800 bits per heavy atom. The number of benzene rings is 3. The molecule has 1 N–H and O–H groups in total.